The Morgan fingerprint density at radius 2 is 2.00 bits per heavy atom. The highest BCUT2D eigenvalue weighted by molar-refractivity contribution is 6.31. The number of carbonyl (C=O) groups is 1. The summed E-state index contributed by atoms with van der Waals surface area (Å²) in [5.41, 5.74) is 2.21. The van der Waals surface area contributed by atoms with E-state index in [1.54, 1.807) is 24.3 Å². The lowest BCUT2D eigenvalue weighted by Gasteiger charge is -2.35. The molecule has 0 aliphatic carbocycles. The standard InChI is InChI=1S/C21H22ClFN4O2/c1-14-9-18(20(29-2)11-16(14)22)25-21(28)13-26-5-7-27(8-6-26)19-4-3-15(12-24)10-17(19)23/h3-4,9-11H,5-8,13H2,1-2H3,(H,25,28). The van der Waals surface area contributed by atoms with Crippen LogP contribution >= 0.6 is 11.6 Å². The van der Waals surface area contributed by atoms with E-state index >= 15 is 0 Å². The largest absolute Gasteiger partial charge is 0.495 e. The fourth-order valence-corrected chi connectivity index (χ4v) is 3.46. The zero-order valence-electron chi connectivity index (χ0n) is 16.3. The summed E-state index contributed by atoms with van der Waals surface area (Å²) in [6.45, 7) is 4.54. The van der Waals surface area contributed by atoms with Gasteiger partial charge in [0.15, 0.2) is 0 Å². The zero-order valence-corrected chi connectivity index (χ0v) is 17.1. The number of piperazine rings is 1. The van der Waals surface area contributed by atoms with Gasteiger partial charge in [-0.05, 0) is 36.8 Å². The molecular weight excluding hydrogens is 395 g/mol. The summed E-state index contributed by atoms with van der Waals surface area (Å²) in [7, 11) is 1.53. The van der Waals surface area contributed by atoms with E-state index in [-0.39, 0.29) is 12.5 Å². The quantitative estimate of drug-likeness (QED) is 0.808. The molecule has 1 aliphatic heterocycles. The Kier molecular flexibility index (Phi) is 6.57. The van der Waals surface area contributed by atoms with Crippen LogP contribution in [0.2, 0.25) is 5.02 Å². The summed E-state index contributed by atoms with van der Waals surface area (Å²) in [6, 6.07) is 9.88. The number of methoxy groups -OCH3 is 1. The summed E-state index contributed by atoms with van der Waals surface area (Å²) < 4.78 is 19.5. The summed E-state index contributed by atoms with van der Waals surface area (Å²) in [5, 5.41) is 12.3. The lowest BCUT2D eigenvalue weighted by molar-refractivity contribution is -0.117. The number of halogens is 2. The fraction of sp³-hybridized carbons (Fsp3) is 0.333. The third-order valence-corrected chi connectivity index (χ3v) is 5.32. The summed E-state index contributed by atoms with van der Waals surface area (Å²) in [6.07, 6.45) is 0. The molecule has 1 heterocycles. The molecule has 0 spiro atoms. The molecular formula is C21H22ClFN4O2. The molecule has 2 aromatic carbocycles. The number of rotatable bonds is 5. The van der Waals surface area contributed by atoms with Crippen molar-refractivity contribution >= 4 is 28.9 Å². The summed E-state index contributed by atoms with van der Waals surface area (Å²) >= 11 is 6.10. The van der Waals surface area contributed by atoms with Crippen LogP contribution in [0.15, 0.2) is 30.3 Å². The van der Waals surface area contributed by atoms with Crippen LogP contribution in [0.5, 0.6) is 5.75 Å². The monoisotopic (exact) mass is 416 g/mol. The molecule has 3 rings (SSSR count). The number of carbonyl (C=O) groups excluding carboxylic acids is 1. The number of benzene rings is 2. The molecule has 152 valence electrons. The third-order valence-electron chi connectivity index (χ3n) is 4.91. The van der Waals surface area contributed by atoms with Gasteiger partial charge in [-0.1, -0.05) is 11.6 Å². The average molecular weight is 417 g/mol. The predicted molar refractivity (Wildman–Crippen MR) is 111 cm³/mol. The number of hydrogen-bond acceptors (Lipinski definition) is 5. The van der Waals surface area contributed by atoms with Crippen molar-refractivity contribution in [3.8, 4) is 11.8 Å². The van der Waals surface area contributed by atoms with E-state index in [2.05, 4.69) is 5.32 Å². The average Bonchev–Trinajstić information content (AvgIpc) is 2.71. The van der Waals surface area contributed by atoms with Gasteiger partial charge < -0.3 is 15.0 Å². The van der Waals surface area contributed by atoms with Gasteiger partial charge in [0.25, 0.3) is 0 Å². The normalized spacial score (nSPS) is 14.4. The van der Waals surface area contributed by atoms with Gasteiger partial charge in [0.2, 0.25) is 5.91 Å². The molecule has 6 nitrogen and oxygen atoms in total. The smallest absolute Gasteiger partial charge is 0.238 e. The summed E-state index contributed by atoms with van der Waals surface area (Å²) in [4.78, 5) is 16.4. The lowest BCUT2D eigenvalue weighted by atomic mass is 10.2. The molecule has 0 atom stereocenters. The number of amides is 1. The van der Waals surface area contributed by atoms with Crippen LogP contribution in [-0.4, -0.2) is 50.6 Å². The second kappa shape index (κ2) is 9.12. The molecule has 1 fully saturated rings. The van der Waals surface area contributed by atoms with E-state index in [9.17, 15) is 9.18 Å². The van der Waals surface area contributed by atoms with Crippen molar-refractivity contribution in [1.29, 1.82) is 5.26 Å². The highest BCUT2D eigenvalue weighted by Crippen LogP contribution is 2.31. The Hall–Kier alpha value is -2.82. The van der Waals surface area contributed by atoms with Gasteiger partial charge in [0.05, 0.1) is 36.7 Å². The molecule has 1 N–H and O–H groups in total. The second-order valence-corrected chi connectivity index (χ2v) is 7.30. The van der Waals surface area contributed by atoms with Crippen molar-refractivity contribution in [2.75, 3.05) is 50.1 Å². The molecule has 2 aromatic rings. The Balaban J connectivity index is 1.57. The van der Waals surface area contributed by atoms with Crippen molar-refractivity contribution in [3.05, 3.63) is 52.3 Å². The Bertz CT molecular complexity index is 952. The van der Waals surface area contributed by atoms with Crippen LogP contribution in [0.3, 0.4) is 0 Å². The number of nitrogens with zero attached hydrogens (tertiary/aromatic N) is 3. The van der Waals surface area contributed by atoms with Gasteiger partial charge in [-0.3, -0.25) is 9.69 Å². The maximum absolute atomic E-state index is 14.2. The highest BCUT2D eigenvalue weighted by Gasteiger charge is 2.22. The maximum atomic E-state index is 14.2. The van der Waals surface area contributed by atoms with Crippen LogP contribution in [0.4, 0.5) is 15.8 Å². The zero-order chi connectivity index (χ0) is 21.0. The van der Waals surface area contributed by atoms with Crippen LogP contribution in [0.1, 0.15) is 11.1 Å². The van der Waals surface area contributed by atoms with E-state index < -0.39 is 5.82 Å². The minimum absolute atomic E-state index is 0.150. The van der Waals surface area contributed by atoms with E-state index in [1.165, 1.54) is 13.2 Å². The minimum atomic E-state index is -0.402. The number of aryl methyl sites for hydroxylation is 1. The van der Waals surface area contributed by atoms with Crippen LogP contribution in [0, 0.1) is 24.1 Å². The van der Waals surface area contributed by atoms with Gasteiger partial charge in [0, 0.05) is 37.3 Å². The fourth-order valence-electron chi connectivity index (χ4n) is 3.30. The van der Waals surface area contributed by atoms with Crippen LogP contribution in [0.25, 0.3) is 0 Å². The topological polar surface area (TPSA) is 68.6 Å². The van der Waals surface area contributed by atoms with Crippen molar-refractivity contribution in [2.45, 2.75) is 6.92 Å². The Labute approximate surface area is 174 Å². The first-order chi connectivity index (χ1) is 13.9. The Morgan fingerprint density at radius 3 is 2.62 bits per heavy atom. The van der Waals surface area contributed by atoms with Crippen molar-refractivity contribution in [2.24, 2.45) is 0 Å². The molecule has 8 heteroatoms. The lowest BCUT2D eigenvalue weighted by Crippen LogP contribution is -2.49. The first kappa shape index (κ1) is 20.9. The third kappa shape index (κ3) is 4.97. The van der Waals surface area contributed by atoms with Crippen molar-refractivity contribution < 1.29 is 13.9 Å². The molecule has 1 amide bonds. The van der Waals surface area contributed by atoms with E-state index in [0.29, 0.717) is 53.9 Å². The van der Waals surface area contributed by atoms with Crippen molar-refractivity contribution in [1.82, 2.24) is 4.90 Å². The van der Waals surface area contributed by atoms with Gasteiger partial charge >= 0.3 is 0 Å². The van der Waals surface area contributed by atoms with Gasteiger partial charge in [-0.15, -0.1) is 0 Å². The van der Waals surface area contributed by atoms with E-state index in [0.717, 1.165) is 5.56 Å². The van der Waals surface area contributed by atoms with Gasteiger partial charge in [0.1, 0.15) is 11.6 Å². The minimum Gasteiger partial charge on any atom is -0.495 e. The van der Waals surface area contributed by atoms with Gasteiger partial charge in [-0.25, -0.2) is 4.39 Å². The number of hydrogen-bond donors (Lipinski definition) is 1. The SMILES string of the molecule is COc1cc(Cl)c(C)cc1NC(=O)CN1CCN(c2ccc(C#N)cc2F)CC1. The summed E-state index contributed by atoms with van der Waals surface area (Å²) in [5.74, 6) is -0.0430. The molecule has 0 radical (unpaired) electrons. The molecule has 1 saturated heterocycles. The highest BCUT2D eigenvalue weighted by atomic mass is 35.5. The van der Waals surface area contributed by atoms with Crippen molar-refractivity contribution in [3.63, 3.8) is 0 Å². The number of ether oxygens (including phenoxy) is 1. The van der Waals surface area contributed by atoms with E-state index in [1.807, 2.05) is 22.8 Å². The first-order valence-corrected chi connectivity index (χ1v) is 9.60. The van der Waals surface area contributed by atoms with Crippen LogP contribution < -0.4 is 15.0 Å². The number of nitriles is 1. The second-order valence-electron chi connectivity index (χ2n) is 6.89. The molecule has 1 aliphatic rings. The molecule has 0 unspecified atom stereocenters. The van der Waals surface area contributed by atoms with Crippen LogP contribution in [-0.2, 0) is 4.79 Å². The van der Waals surface area contributed by atoms with E-state index in [4.69, 9.17) is 21.6 Å². The molecule has 29 heavy (non-hydrogen) atoms. The predicted octanol–water partition coefficient (Wildman–Crippen LogP) is 3.43. The molecule has 0 saturated carbocycles. The molecule has 0 aromatic heterocycles. The maximum Gasteiger partial charge on any atom is 0.238 e. The Morgan fingerprint density at radius 1 is 1.28 bits per heavy atom. The first-order valence-electron chi connectivity index (χ1n) is 9.22. The number of nitrogens with one attached hydrogen (secondary N) is 1. The van der Waals surface area contributed by atoms with Gasteiger partial charge in [-0.2, -0.15) is 5.26 Å². The molecule has 0 bridgehead atoms. The number of anilines is 2.